The van der Waals surface area contributed by atoms with Gasteiger partial charge in [0.2, 0.25) is 5.91 Å². The molecule has 17 heavy (non-hydrogen) atoms. The molecule has 2 rings (SSSR count). The number of ether oxygens (including phenoxy) is 1. The Morgan fingerprint density at radius 3 is 2.88 bits per heavy atom. The summed E-state index contributed by atoms with van der Waals surface area (Å²) in [7, 11) is 1.21. The van der Waals surface area contributed by atoms with E-state index < -0.39 is 12.1 Å². The van der Waals surface area contributed by atoms with E-state index >= 15 is 0 Å². The molecule has 2 unspecified atom stereocenters. The number of fused-ring (bicyclic) bond motifs is 1. The lowest BCUT2D eigenvalue weighted by Gasteiger charge is -2.10. The minimum atomic E-state index is -1.31. The largest absolute Gasteiger partial charge is 0.467 e. The van der Waals surface area contributed by atoms with Crippen LogP contribution in [-0.2, 0) is 14.3 Å². The van der Waals surface area contributed by atoms with Crippen molar-refractivity contribution >= 4 is 17.6 Å². The molecule has 90 valence electrons. The SMILES string of the molecule is COC(=O)C(O)c1ccc2c(c1)C(C)C(=O)N2. The highest BCUT2D eigenvalue weighted by Crippen LogP contribution is 2.34. The summed E-state index contributed by atoms with van der Waals surface area (Å²) in [6.45, 7) is 1.77. The van der Waals surface area contributed by atoms with Gasteiger partial charge in [0.05, 0.1) is 13.0 Å². The van der Waals surface area contributed by atoms with Crippen LogP contribution < -0.4 is 5.32 Å². The first-order valence-electron chi connectivity index (χ1n) is 5.25. The molecular formula is C12H13NO4. The summed E-state index contributed by atoms with van der Waals surface area (Å²) in [5.74, 6) is -1.06. The standard InChI is InChI=1S/C12H13NO4/c1-6-8-5-7(10(14)12(16)17-2)3-4-9(8)13-11(6)15/h3-6,10,14H,1-2H3,(H,13,15). The Hall–Kier alpha value is -1.88. The molecule has 0 aromatic heterocycles. The number of aliphatic hydroxyl groups excluding tert-OH is 1. The van der Waals surface area contributed by atoms with E-state index in [1.165, 1.54) is 7.11 Å². The molecule has 2 N–H and O–H groups in total. The van der Waals surface area contributed by atoms with E-state index in [-0.39, 0.29) is 11.8 Å². The number of esters is 1. The summed E-state index contributed by atoms with van der Waals surface area (Å²) >= 11 is 0. The fraction of sp³-hybridized carbons (Fsp3) is 0.333. The van der Waals surface area contributed by atoms with Crippen molar-refractivity contribution in [1.82, 2.24) is 0 Å². The van der Waals surface area contributed by atoms with Gasteiger partial charge in [-0.15, -0.1) is 0 Å². The van der Waals surface area contributed by atoms with Crippen molar-refractivity contribution in [2.24, 2.45) is 0 Å². The quantitative estimate of drug-likeness (QED) is 0.748. The normalized spacial score (nSPS) is 19.5. The van der Waals surface area contributed by atoms with Crippen LogP contribution in [0.3, 0.4) is 0 Å². The Morgan fingerprint density at radius 2 is 2.24 bits per heavy atom. The Kier molecular flexibility index (Phi) is 2.85. The van der Waals surface area contributed by atoms with Gasteiger partial charge in [-0.3, -0.25) is 4.79 Å². The van der Waals surface area contributed by atoms with Crippen LogP contribution in [0.15, 0.2) is 18.2 Å². The number of carbonyl (C=O) groups is 2. The maximum absolute atomic E-state index is 11.4. The van der Waals surface area contributed by atoms with E-state index in [0.29, 0.717) is 5.56 Å². The molecule has 1 aromatic rings. The fourth-order valence-corrected chi connectivity index (χ4v) is 1.85. The molecule has 0 saturated heterocycles. The van der Waals surface area contributed by atoms with Gasteiger partial charge in [-0.2, -0.15) is 0 Å². The number of hydrogen-bond donors (Lipinski definition) is 2. The van der Waals surface area contributed by atoms with Crippen molar-refractivity contribution < 1.29 is 19.4 Å². The van der Waals surface area contributed by atoms with Gasteiger partial charge in [-0.05, 0) is 30.2 Å². The smallest absolute Gasteiger partial charge is 0.339 e. The van der Waals surface area contributed by atoms with E-state index in [4.69, 9.17) is 0 Å². The van der Waals surface area contributed by atoms with Crippen molar-refractivity contribution in [1.29, 1.82) is 0 Å². The van der Waals surface area contributed by atoms with E-state index in [2.05, 4.69) is 10.1 Å². The molecule has 1 amide bonds. The third-order valence-corrected chi connectivity index (χ3v) is 2.93. The number of nitrogens with one attached hydrogen (secondary N) is 1. The Bertz CT molecular complexity index is 483. The molecule has 0 radical (unpaired) electrons. The molecule has 1 aromatic carbocycles. The summed E-state index contributed by atoms with van der Waals surface area (Å²) < 4.78 is 4.46. The van der Waals surface area contributed by atoms with E-state index in [1.807, 2.05) is 0 Å². The number of carbonyl (C=O) groups excluding carboxylic acids is 2. The lowest BCUT2D eigenvalue weighted by molar-refractivity contribution is -0.150. The number of benzene rings is 1. The average molecular weight is 235 g/mol. The second kappa shape index (κ2) is 4.18. The van der Waals surface area contributed by atoms with Crippen LogP contribution in [0, 0.1) is 0 Å². The van der Waals surface area contributed by atoms with Gasteiger partial charge in [0.25, 0.3) is 0 Å². The molecule has 0 spiro atoms. The van der Waals surface area contributed by atoms with Gasteiger partial charge in [0.15, 0.2) is 6.10 Å². The van der Waals surface area contributed by atoms with Crippen LogP contribution in [0.25, 0.3) is 0 Å². The lowest BCUT2D eigenvalue weighted by Crippen LogP contribution is -2.13. The highest BCUT2D eigenvalue weighted by atomic mass is 16.5. The lowest BCUT2D eigenvalue weighted by atomic mass is 9.98. The summed E-state index contributed by atoms with van der Waals surface area (Å²) in [5, 5.41) is 12.4. The number of methoxy groups -OCH3 is 1. The van der Waals surface area contributed by atoms with Crippen LogP contribution in [0.5, 0.6) is 0 Å². The summed E-state index contributed by atoms with van der Waals surface area (Å²) in [5.41, 5.74) is 1.94. The van der Waals surface area contributed by atoms with Gasteiger partial charge < -0.3 is 15.2 Å². The third-order valence-electron chi connectivity index (χ3n) is 2.93. The third kappa shape index (κ3) is 1.89. The second-order valence-corrected chi connectivity index (χ2v) is 3.98. The van der Waals surface area contributed by atoms with Crippen LogP contribution in [0.2, 0.25) is 0 Å². The van der Waals surface area contributed by atoms with Gasteiger partial charge >= 0.3 is 5.97 Å². The van der Waals surface area contributed by atoms with E-state index in [1.54, 1.807) is 25.1 Å². The molecular weight excluding hydrogens is 222 g/mol. The first-order valence-corrected chi connectivity index (χ1v) is 5.25. The topological polar surface area (TPSA) is 75.6 Å². The monoisotopic (exact) mass is 235 g/mol. The Morgan fingerprint density at radius 1 is 1.53 bits per heavy atom. The molecule has 5 heteroatoms. The maximum Gasteiger partial charge on any atom is 0.339 e. The fourth-order valence-electron chi connectivity index (χ4n) is 1.85. The van der Waals surface area contributed by atoms with Gasteiger partial charge in [-0.1, -0.05) is 6.07 Å². The summed E-state index contributed by atoms with van der Waals surface area (Å²) in [6, 6.07) is 4.93. The molecule has 1 aliphatic rings. The van der Waals surface area contributed by atoms with Crippen LogP contribution in [-0.4, -0.2) is 24.1 Å². The number of anilines is 1. The molecule has 2 atom stereocenters. The van der Waals surface area contributed by atoms with Crippen LogP contribution >= 0.6 is 0 Å². The first-order chi connectivity index (χ1) is 8.04. The number of rotatable bonds is 2. The van der Waals surface area contributed by atoms with Crippen molar-refractivity contribution in [3.8, 4) is 0 Å². The van der Waals surface area contributed by atoms with Crippen LogP contribution in [0.4, 0.5) is 5.69 Å². The highest BCUT2D eigenvalue weighted by Gasteiger charge is 2.28. The van der Waals surface area contributed by atoms with Gasteiger partial charge in [-0.25, -0.2) is 4.79 Å². The van der Waals surface area contributed by atoms with E-state index in [0.717, 1.165) is 11.3 Å². The van der Waals surface area contributed by atoms with E-state index in [9.17, 15) is 14.7 Å². The molecule has 0 bridgehead atoms. The molecule has 5 nitrogen and oxygen atoms in total. The molecule has 1 heterocycles. The van der Waals surface area contributed by atoms with Gasteiger partial charge in [0.1, 0.15) is 0 Å². The van der Waals surface area contributed by atoms with Crippen molar-refractivity contribution in [3.63, 3.8) is 0 Å². The minimum absolute atomic E-state index is 0.0790. The predicted octanol–water partition coefficient (Wildman–Crippen LogP) is 0.949. The van der Waals surface area contributed by atoms with Gasteiger partial charge in [0, 0.05) is 5.69 Å². The average Bonchev–Trinajstić information content (AvgIpc) is 2.63. The van der Waals surface area contributed by atoms with Crippen molar-refractivity contribution in [3.05, 3.63) is 29.3 Å². The maximum atomic E-state index is 11.4. The number of aliphatic hydroxyl groups is 1. The molecule has 0 saturated carbocycles. The molecule has 1 aliphatic heterocycles. The zero-order chi connectivity index (χ0) is 12.6. The predicted molar refractivity (Wildman–Crippen MR) is 60.5 cm³/mol. The number of hydrogen-bond acceptors (Lipinski definition) is 4. The van der Waals surface area contributed by atoms with Crippen molar-refractivity contribution in [2.75, 3.05) is 12.4 Å². The Labute approximate surface area is 98.4 Å². The first kappa shape index (κ1) is 11.6. The van der Waals surface area contributed by atoms with Crippen molar-refractivity contribution in [2.45, 2.75) is 18.9 Å². The second-order valence-electron chi connectivity index (χ2n) is 3.98. The Balaban J connectivity index is 2.35. The zero-order valence-corrected chi connectivity index (χ0v) is 9.56. The van der Waals surface area contributed by atoms with Crippen LogP contribution in [0.1, 0.15) is 30.1 Å². The molecule has 0 aliphatic carbocycles. The molecule has 0 fully saturated rings. The summed E-state index contributed by atoms with van der Waals surface area (Å²) in [4.78, 5) is 22.6. The summed E-state index contributed by atoms with van der Waals surface area (Å²) in [6.07, 6.45) is -1.31. The number of amides is 1. The minimum Gasteiger partial charge on any atom is -0.467 e. The zero-order valence-electron chi connectivity index (χ0n) is 9.56. The highest BCUT2D eigenvalue weighted by molar-refractivity contribution is 6.02.